The van der Waals surface area contributed by atoms with Gasteiger partial charge in [0.1, 0.15) is 0 Å². The molecule has 6 nitrogen and oxygen atoms in total. The quantitative estimate of drug-likeness (QED) is 0.562. The van der Waals surface area contributed by atoms with Gasteiger partial charge in [-0.3, -0.25) is 4.79 Å². The summed E-state index contributed by atoms with van der Waals surface area (Å²) in [7, 11) is 0. The van der Waals surface area contributed by atoms with Crippen LogP contribution in [0.15, 0.2) is 60.7 Å². The van der Waals surface area contributed by atoms with E-state index >= 15 is 0 Å². The van der Waals surface area contributed by atoms with Gasteiger partial charge in [-0.1, -0.05) is 36.4 Å². The number of anilines is 1. The summed E-state index contributed by atoms with van der Waals surface area (Å²) in [5.41, 5.74) is 4.40. The molecule has 5 rings (SSSR count). The lowest BCUT2D eigenvalue weighted by Gasteiger charge is -2.18. The summed E-state index contributed by atoms with van der Waals surface area (Å²) in [4.78, 5) is 13.2. The second-order valence-electron chi connectivity index (χ2n) is 7.99. The summed E-state index contributed by atoms with van der Waals surface area (Å²) in [6.45, 7) is 0.0782. The topological polar surface area (TPSA) is 88.0 Å². The van der Waals surface area contributed by atoms with Crippen LogP contribution in [-0.2, 0) is 23.4 Å². The second kappa shape index (κ2) is 7.72. The van der Waals surface area contributed by atoms with E-state index in [4.69, 9.17) is 9.47 Å². The van der Waals surface area contributed by atoms with Crippen molar-refractivity contribution in [3.63, 3.8) is 0 Å². The SMILES string of the molecule is O=C(Nc1ccc(CO)c(-c2ccc(CO)cc2)c1)C1(c2ccc3c(c2)OCO3)CC1.[HH]. The number of amides is 1. The Morgan fingerprint density at radius 1 is 0.935 bits per heavy atom. The molecule has 0 bridgehead atoms. The average Bonchev–Trinajstić information content (AvgIpc) is 3.50. The molecule has 1 aliphatic carbocycles. The Kier molecular flexibility index (Phi) is 4.88. The monoisotopic (exact) mass is 419 g/mol. The summed E-state index contributed by atoms with van der Waals surface area (Å²) >= 11 is 0. The number of hydrogen-bond acceptors (Lipinski definition) is 5. The first kappa shape index (κ1) is 19.6. The molecule has 0 aromatic heterocycles. The Hall–Kier alpha value is -3.35. The van der Waals surface area contributed by atoms with Crippen LogP contribution in [0.3, 0.4) is 0 Å². The van der Waals surface area contributed by atoms with Crippen LogP contribution in [0.5, 0.6) is 11.5 Å². The van der Waals surface area contributed by atoms with Gasteiger partial charge in [-0.2, -0.15) is 0 Å². The predicted octanol–water partition coefficient (Wildman–Crippen LogP) is 3.98. The molecule has 0 spiro atoms. The molecule has 31 heavy (non-hydrogen) atoms. The van der Waals surface area contributed by atoms with E-state index in [-0.39, 0.29) is 27.3 Å². The summed E-state index contributed by atoms with van der Waals surface area (Å²) in [5, 5.41) is 22.1. The number of aliphatic hydroxyl groups is 2. The lowest BCUT2D eigenvalue weighted by atomic mass is 9.94. The minimum atomic E-state index is -0.556. The van der Waals surface area contributed by atoms with Crippen LogP contribution in [0, 0.1) is 0 Å². The van der Waals surface area contributed by atoms with Crippen molar-refractivity contribution in [1.82, 2.24) is 0 Å². The van der Waals surface area contributed by atoms with E-state index in [1.165, 1.54) is 0 Å². The van der Waals surface area contributed by atoms with Crippen LogP contribution in [-0.4, -0.2) is 22.9 Å². The van der Waals surface area contributed by atoms with Gasteiger partial charge < -0.3 is 25.0 Å². The number of hydrogen-bond donors (Lipinski definition) is 3. The Bertz CT molecular complexity index is 1140. The van der Waals surface area contributed by atoms with Crippen LogP contribution in [0.2, 0.25) is 0 Å². The van der Waals surface area contributed by atoms with E-state index in [1.807, 2.05) is 60.7 Å². The van der Waals surface area contributed by atoms with Gasteiger partial charge in [-0.25, -0.2) is 0 Å². The fourth-order valence-electron chi connectivity index (χ4n) is 4.07. The van der Waals surface area contributed by atoms with Crippen LogP contribution in [0.25, 0.3) is 11.1 Å². The van der Waals surface area contributed by atoms with Crippen molar-refractivity contribution in [3.8, 4) is 22.6 Å². The fraction of sp³-hybridized carbons (Fsp3) is 0.240. The standard InChI is InChI=1S/C25H23NO5.H2/c27-13-16-1-3-17(4-2-16)21-12-20(7-5-18(21)14-28)26-24(29)25(9-10-25)19-6-8-22-23(11-19)31-15-30-22;/h1-8,11-12,27-28H,9-10,13-15H2,(H,26,29);1H. The lowest BCUT2D eigenvalue weighted by molar-refractivity contribution is -0.118. The van der Waals surface area contributed by atoms with Gasteiger partial charge in [0.05, 0.1) is 18.6 Å². The van der Waals surface area contributed by atoms with E-state index in [2.05, 4.69) is 5.32 Å². The molecule has 160 valence electrons. The largest absolute Gasteiger partial charge is 0.454 e. The first-order valence-electron chi connectivity index (χ1n) is 10.3. The van der Waals surface area contributed by atoms with Crippen LogP contribution < -0.4 is 14.8 Å². The number of aliphatic hydroxyl groups excluding tert-OH is 2. The molecule has 1 aliphatic heterocycles. The smallest absolute Gasteiger partial charge is 0.235 e. The minimum absolute atomic E-state index is 0. The van der Waals surface area contributed by atoms with E-state index in [0.717, 1.165) is 40.7 Å². The third-order valence-electron chi connectivity index (χ3n) is 6.10. The van der Waals surface area contributed by atoms with Crippen molar-refractivity contribution >= 4 is 11.6 Å². The van der Waals surface area contributed by atoms with Crippen molar-refractivity contribution in [3.05, 3.63) is 77.4 Å². The Labute approximate surface area is 181 Å². The maximum Gasteiger partial charge on any atom is 0.235 e. The lowest BCUT2D eigenvalue weighted by Crippen LogP contribution is -2.27. The number of nitrogens with one attached hydrogen (secondary N) is 1. The summed E-state index contributed by atoms with van der Waals surface area (Å²) in [5.74, 6) is 1.33. The molecule has 3 N–H and O–H groups in total. The van der Waals surface area contributed by atoms with Crippen molar-refractivity contribution in [1.29, 1.82) is 0 Å². The zero-order chi connectivity index (χ0) is 21.4. The van der Waals surface area contributed by atoms with Crippen molar-refractivity contribution < 1.29 is 25.9 Å². The molecule has 1 amide bonds. The van der Waals surface area contributed by atoms with E-state index < -0.39 is 5.41 Å². The molecule has 0 saturated heterocycles. The number of fused-ring (bicyclic) bond motifs is 1. The van der Waals surface area contributed by atoms with E-state index in [9.17, 15) is 15.0 Å². The molecular formula is C25H25NO5. The molecule has 2 aliphatic rings. The van der Waals surface area contributed by atoms with Gasteiger partial charge in [-0.15, -0.1) is 0 Å². The second-order valence-corrected chi connectivity index (χ2v) is 7.99. The number of ether oxygens (including phenoxy) is 2. The van der Waals surface area contributed by atoms with Crippen LogP contribution in [0.1, 0.15) is 31.0 Å². The molecule has 0 unspecified atom stereocenters. The molecule has 1 saturated carbocycles. The maximum absolute atomic E-state index is 13.2. The molecule has 3 aromatic carbocycles. The Balaban J connectivity index is 0.00000245. The van der Waals surface area contributed by atoms with Crippen molar-refractivity contribution in [2.75, 3.05) is 12.1 Å². The van der Waals surface area contributed by atoms with Gasteiger partial charge >= 0.3 is 0 Å². The van der Waals surface area contributed by atoms with E-state index in [0.29, 0.717) is 17.2 Å². The number of rotatable bonds is 6. The van der Waals surface area contributed by atoms with Crippen LogP contribution >= 0.6 is 0 Å². The molecule has 1 fully saturated rings. The molecule has 6 heteroatoms. The first-order chi connectivity index (χ1) is 15.1. The van der Waals surface area contributed by atoms with E-state index in [1.54, 1.807) is 0 Å². The minimum Gasteiger partial charge on any atom is -0.454 e. The van der Waals surface area contributed by atoms with Crippen LogP contribution in [0.4, 0.5) is 5.69 Å². The highest BCUT2D eigenvalue weighted by Gasteiger charge is 2.51. The number of benzene rings is 3. The highest BCUT2D eigenvalue weighted by molar-refractivity contribution is 6.02. The average molecular weight is 419 g/mol. The van der Waals surface area contributed by atoms with Gasteiger partial charge in [0.2, 0.25) is 12.7 Å². The predicted molar refractivity (Wildman–Crippen MR) is 118 cm³/mol. The molecular weight excluding hydrogens is 394 g/mol. The van der Waals surface area contributed by atoms with Crippen molar-refractivity contribution in [2.24, 2.45) is 0 Å². The summed E-state index contributed by atoms with van der Waals surface area (Å²) in [6.07, 6.45) is 1.56. The van der Waals surface area contributed by atoms with Gasteiger partial charge in [0.15, 0.2) is 11.5 Å². The number of carbonyl (C=O) groups is 1. The van der Waals surface area contributed by atoms with Crippen molar-refractivity contribution in [2.45, 2.75) is 31.5 Å². The third-order valence-corrected chi connectivity index (χ3v) is 6.10. The summed E-state index contributed by atoms with van der Waals surface area (Å²) < 4.78 is 10.9. The van der Waals surface area contributed by atoms with Gasteiger partial charge in [-0.05, 0) is 64.9 Å². The molecule has 1 heterocycles. The Morgan fingerprint density at radius 2 is 1.71 bits per heavy atom. The number of carbonyl (C=O) groups excluding carboxylic acids is 1. The third kappa shape index (κ3) is 3.54. The Morgan fingerprint density at radius 3 is 2.42 bits per heavy atom. The maximum atomic E-state index is 13.2. The zero-order valence-corrected chi connectivity index (χ0v) is 16.9. The molecule has 0 atom stereocenters. The van der Waals surface area contributed by atoms with Gasteiger partial charge in [0, 0.05) is 7.11 Å². The summed E-state index contributed by atoms with van der Waals surface area (Å²) in [6, 6.07) is 18.7. The highest BCUT2D eigenvalue weighted by Crippen LogP contribution is 2.51. The molecule has 3 aromatic rings. The zero-order valence-electron chi connectivity index (χ0n) is 16.9. The normalized spacial score (nSPS) is 15.5. The highest BCUT2D eigenvalue weighted by atomic mass is 16.7. The fourth-order valence-corrected chi connectivity index (χ4v) is 4.07. The van der Waals surface area contributed by atoms with Gasteiger partial charge in [0.25, 0.3) is 0 Å². The molecule has 0 radical (unpaired) electrons. The first-order valence-corrected chi connectivity index (χ1v) is 10.3.